The van der Waals surface area contributed by atoms with E-state index in [0.717, 1.165) is 30.3 Å². The van der Waals surface area contributed by atoms with Crippen molar-refractivity contribution < 1.29 is 0 Å². The molecule has 0 aromatic rings. The molecule has 1 N–H and O–H groups in total. The topological polar surface area (TPSA) is 12.0 Å². The van der Waals surface area contributed by atoms with E-state index in [1.807, 2.05) is 0 Å². The first-order valence-electron chi connectivity index (χ1n) is 8.76. The maximum atomic E-state index is 3.78. The van der Waals surface area contributed by atoms with Crippen LogP contribution in [0.3, 0.4) is 0 Å². The van der Waals surface area contributed by atoms with Crippen LogP contribution in [0.2, 0.25) is 0 Å². The van der Waals surface area contributed by atoms with E-state index < -0.39 is 0 Å². The molecule has 0 radical (unpaired) electrons. The summed E-state index contributed by atoms with van der Waals surface area (Å²) in [6, 6.07) is 0.763. The fraction of sp³-hybridized carbons (Fsp3) is 0.889. The first-order valence-corrected chi connectivity index (χ1v) is 8.76. The van der Waals surface area contributed by atoms with Crippen molar-refractivity contribution in [3.63, 3.8) is 0 Å². The molecule has 0 heterocycles. The molecule has 3 aliphatic carbocycles. The lowest BCUT2D eigenvalue weighted by atomic mass is 9.82. The van der Waals surface area contributed by atoms with E-state index in [4.69, 9.17) is 0 Å². The molecule has 2 fully saturated rings. The smallest absolute Gasteiger partial charge is 0.0107 e. The van der Waals surface area contributed by atoms with Crippen molar-refractivity contribution in [2.75, 3.05) is 6.54 Å². The number of allylic oxidation sites excluding steroid dienone is 1. The third-order valence-electron chi connectivity index (χ3n) is 5.86. The van der Waals surface area contributed by atoms with Gasteiger partial charge in [0.2, 0.25) is 0 Å². The summed E-state index contributed by atoms with van der Waals surface area (Å²) in [6.07, 6.45) is 17.1. The molecular formula is C18H31N. The van der Waals surface area contributed by atoms with E-state index in [-0.39, 0.29) is 0 Å². The Labute approximate surface area is 119 Å². The molecule has 108 valence electrons. The van der Waals surface area contributed by atoms with Gasteiger partial charge >= 0.3 is 0 Å². The number of nitrogens with one attached hydrogen (secondary N) is 1. The van der Waals surface area contributed by atoms with Crippen molar-refractivity contribution >= 4 is 0 Å². The summed E-state index contributed by atoms with van der Waals surface area (Å²) >= 11 is 0. The van der Waals surface area contributed by atoms with E-state index in [9.17, 15) is 0 Å². The van der Waals surface area contributed by atoms with Crippen molar-refractivity contribution in [1.82, 2.24) is 5.32 Å². The highest BCUT2D eigenvalue weighted by Crippen LogP contribution is 2.50. The largest absolute Gasteiger partial charge is 0.314 e. The Bertz CT molecular complexity index is 320. The van der Waals surface area contributed by atoms with Gasteiger partial charge in [-0.15, -0.1) is 0 Å². The highest BCUT2D eigenvalue weighted by atomic mass is 14.9. The SMILES string of the molecule is CCNC(CC1=CCCCC1)CC1CC2CCC1C2. The third kappa shape index (κ3) is 3.42. The number of fused-ring (bicyclic) bond motifs is 2. The minimum absolute atomic E-state index is 0.763. The lowest BCUT2D eigenvalue weighted by Gasteiger charge is -2.28. The predicted molar refractivity (Wildman–Crippen MR) is 82.2 cm³/mol. The molecule has 1 heteroatoms. The Morgan fingerprint density at radius 2 is 2.21 bits per heavy atom. The molecule has 0 aliphatic heterocycles. The number of rotatable bonds is 6. The first kappa shape index (κ1) is 13.7. The fourth-order valence-electron chi connectivity index (χ4n) is 4.96. The van der Waals surface area contributed by atoms with Crippen LogP contribution in [0.15, 0.2) is 11.6 Å². The minimum atomic E-state index is 0.763. The van der Waals surface area contributed by atoms with Crippen molar-refractivity contribution in [3.8, 4) is 0 Å². The van der Waals surface area contributed by atoms with Gasteiger partial charge in [-0.25, -0.2) is 0 Å². The van der Waals surface area contributed by atoms with Crippen LogP contribution in [-0.4, -0.2) is 12.6 Å². The lowest BCUT2D eigenvalue weighted by Crippen LogP contribution is -2.33. The van der Waals surface area contributed by atoms with Crippen LogP contribution in [-0.2, 0) is 0 Å². The Morgan fingerprint density at radius 1 is 1.26 bits per heavy atom. The zero-order valence-corrected chi connectivity index (χ0v) is 12.7. The van der Waals surface area contributed by atoms with Gasteiger partial charge in [-0.1, -0.05) is 25.0 Å². The molecule has 0 aromatic carbocycles. The van der Waals surface area contributed by atoms with E-state index in [1.165, 1.54) is 51.4 Å². The summed E-state index contributed by atoms with van der Waals surface area (Å²) in [7, 11) is 0. The second-order valence-corrected chi connectivity index (χ2v) is 7.24. The van der Waals surface area contributed by atoms with Gasteiger partial charge in [0.05, 0.1) is 0 Å². The standard InChI is InChI=1S/C18H31N/c1-2-19-18(12-14-6-4-3-5-7-14)13-17-11-15-8-9-16(17)10-15/h6,15-19H,2-5,7-13H2,1H3. The van der Waals surface area contributed by atoms with Gasteiger partial charge in [0, 0.05) is 6.04 Å². The molecule has 0 saturated heterocycles. The van der Waals surface area contributed by atoms with Gasteiger partial charge in [-0.3, -0.25) is 0 Å². The quantitative estimate of drug-likeness (QED) is 0.684. The van der Waals surface area contributed by atoms with Gasteiger partial charge in [0.1, 0.15) is 0 Å². The predicted octanol–water partition coefficient (Wildman–Crippen LogP) is 4.68. The highest BCUT2D eigenvalue weighted by molar-refractivity contribution is 5.07. The molecule has 19 heavy (non-hydrogen) atoms. The summed E-state index contributed by atoms with van der Waals surface area (Å²) in [6.45, 7) is 3.40. The maximum Gasteiger partial charge on any atom is 0.0107 e. The van der Waals surface area contributed by atoms with Crippen LogP contribution in [0.25, 0.3) is 0 Å². The highest BCUT2D eigenvalue weighted by Gasteiger charge is 2.40. The zero-order valence-electron chi connectivity index (χ0n) is 12.7. The van der Waals surface area contributed by atoms with Gasteiger partial charge < -0.3 is 5.32 Å². The van der Waals surface area contributed by atoms with Crippen LogP contribution in [0.5, 0.6) is 0 Å². The average molecular weight is 261 g/mol. The monoisotopic (exact) mass is 261 g/mol. The molecular weight excluding hydrogens is 230 g/mol. The van der Waals surface area contributed by atoms with Crippen molar-refractivity contribution in [3.05, 3.63) is 11.6 Å². The maximum absolute atomic E-state index is 3.78. The fourth-order valence-corrected chi connectivity index (χ4v) is 4.96. The van der Waals surface area contributed by atoms with Crippen LogP contribution >= 0.6 is 0 Å². The van der Waals surface area contributed by atoms with Gasteiger partial charge in [0.15, 0.2) is 0 Å². The molecule has 0 spiro atoms. The summed E-state index contributed by atoms with van der Waals surface area (Å²) in [5.74, 6) is 3.24. The van der Waals surface area contributed by atoms with Crippen molar-refractivity contribution in [2.45, 2.75) is 77.2 Å². The summed E-state index contributed by atoms with van der Waals surface area (Å²) in [5, 5.41) is 3.78. The number of hydrogen-bond donors (Lipinski definition) is 1. The third-order valence-corrected chi connectivity index (χ3v) is 5.86. The molecule has 3 aliphatic rings. The van der Waals surface area contributed by atoms with E-state index in [1.54, 1.807) is 18.4 Å². The van der Waals surface area contributed by atoms with Gasteiger partial charge in [-0.2, -0.15) is 0 Å². The van der Waals surface area contributed by atoms with E-state index in [2.05, 4.69) is 18.3 Å². The second-order valence-electron chi connectivity index (χ2n) is 7.24. The molecule has 4 unspecified atom stereocenters. The first-order chi connectivity index (χ1) is 9.35. The minimum Gasteiger partial charge on any atom is -0.314 e. The molecule has 0 aromatic heterocycles. The second kappa shape index (κ2) is 6.43. The zero-order chi connectivity index (χ0) is 13.1. The van der Waals surface area contributed by atoms with Gasteiger partial charge in [-0.05, 0) is 82.1 Å². The lowest BCUT2D eigenvalue weighted by molar-refractivity contribution is 0.277. The normalized spacial score (nSPS) is 35.4. The van der Waals surface area contributed by atoms with Crippen LogP contribution in [0.4, 0.5) is 0 Å². The molecule has 2 saturated carbocycles. The van der Waals surface area contributed by atoms with Crippen LogP contribution < -0.4 is 5.32 Å². The van der Waals surface area contributed by atoms with E-state index >= 15 is 0 Å². The Balaban J connectivity index is 1.53. The average Bonchev–Trinajstić information content (AvgIpc) is 3.02. The summed E-state index contributed by atoms with van der Waals surface area (Å²) in [4.78, 5) is 0. The molecule has 1 nitrogen and oxygen atoms in total. The summed E-state index contributed by atoms with van der Waals surface area (Å²) in [5.41, 5.74) is 1.75. The Morgan fingerprint density at radius 3 is 2.84 bits per heavy atom. The molecule has 0 amide bonds. The van der Waals surface area contributed by atoms with Gasteiger partial charge in [0.25, 0.3) is 0 Å². The van der Waals surface area contributed by atoms with E-state index in [0.29, 0.717) is 0 Å². The Hall–Kier alpha value is -0.300. The van der Waals surface area contributed by atoms with Crippen molar-refractivity contribution in [2.24, 2.45) is 17.8 Å². The van der Waals surface area contributed by atoms with Crippen molar-refractivity contribution in [1.29, 1.82) is 0 Å². The van der Waals surface area contributed by atoms with Crippen LogP contribution in [0.1, 0.15) is 71.1 Å². The Kier molecular flexibility index (Phi) is 4.63. The number of hydrogen-bond acceptors (Lipinski definition) is 1. The summed E-state index contributed by atoms with van der Waals surface area (Å²) < 4.78 is 0. The van der Waals surface area contributed by atoms with Crippen LogP contribution in [0, 0.1) is 17.8 Å². The molecule has 3 rings (SSSR count). The molecule has 2 bridgehead atoms. The molecule has 4 atom stereocenters.